The highest BCUT2D eigenvalue weighted by Gasteiger charge is 2.17. The minimum atomic E-state index is -4.07. The van der Waals surface area contributed by atoms with Crippen LogP contribution < -0.4 is 5.32 Å². The lowest BCUT2D eigenvalue weighted by Gasteiger charge is -2.07. The third-order valence-corrected chi connectivity index (χ3v) is 2.49. The summed E-state index contributed by atoms with van der Waals surface area (Å²) in [5, 5.41) is 2.68. The summed E-state index contributed by atoms with van der Waals surface area (Å²) >= 11 is 0. The first kappa shape index (κ1) is 10.0. The summed E-state index contributed by atoms with van der Waals surface area (Å²) in [6.07, 6.45) is 0. The summed E-state index contributed by atoms with van der Waals surface area (Å²) < 4.78 is 29.8. The molecule has 0 aliphatic heterocycles. The third kappa shape index (κ3) is 3.04. The van der Waals surface area contributed by atoms with Crippen LogP contribution in [0.3, 0.4) is 0 Å². The lowest BCUT2D eigenvalue weighted by atomic mass is 10.3. The Morgan fingerprint density at radius 3 is 2.31 bits per heavy atom. The predicted molar refractivity (Wildman–Crippen MR) is 49.2 cm³/mol. The van der Waals surface area contributed by atoms with Gasteiger partial charge in [0.2, 0.25) is 0 Å². The summed E-state index contributed by atoms with van der Waals surface area (Å²) in [4.78, 5) is 0. The summed E-state index contributed by atoms with van der Waals surface area (Å²) in [5.74, 6) is 0. The van der Waals surface area contributed by atoms with Crippen LogP contribution in [0.4, 0.5) is 5.69 Å². The highest BCUT2D eigenvalue weighted by atomic mass is 32.2. The van der Waals surface area contributed by atoms with E-state index in [-0.39, 0.29) is 0 Å². The Bertz CT molecular complexity index is 360. The lowest BCUT2D eigenvalue weighted by Crippen LogP contribution is -2.24. The van der Waals surface area contributed by atoms with Crippen molar-refractivity contribution in [3.8, 4) is 0 Å². The van der Waals surface area contributed by atoms with Crippen LogP contribution in [-0.4, -0.2) is 18.3 Å². The first-order valence-corrected chi connectivity index (χ1v) is 5.22. The van der Waals surface area contributed by atoms with Crippen molar-refractivity contribution in [1.29, 1.82) is 0 Å². The maximum atomic E-state index is 10.6. The van der Waals surface area contributed by atoms with Crippen LogP contribution in [0.1, 0.15) is 6.92 Å². The van der Waals surface area contributed by atoms with E-state index in [0.29, 0.717) is 5.69 Å². The highest BCUT2D eigenvalue weighted by Crippen LogP contribution is 2.09. The first-order valence-electron chi connectivity index (χ1n) is 3.72. The van der Waals surface area contributed by atoms with Crippen molar-refractivity contribution in [1.82, 2.24) is 5.32 Å². The van der Waals surface area contributed by atoms with E-state index in [2.05, 4.69) is 5.32 Å². The number of nitrogens with zero attached hydrogens (tertiary/aromatic N) is 1. The smallest absolute Gasteiger partial charge is 0.284 e. The molecule has 1 atom stereocenters. The maximum absolute atomic E-state index is 10.6. The zero-order valence-electron chi connectivity index (χ0n) is 7.08. The normalized spacial score (nSPS) is 13.7. The third-order valence-electron chi connectivity index (χ3n) is 1.52. The maximum Gasteiger partial charge on any atom is 0.287 e. The molecular formula is C8H10NO3S. The molecule has 5 heteroatoms. The molecule has 0 bridgehead atoms. The van der Waals surface area contributed by atoms with Crippen LogP contribution in [0.5, 0.6) is 0 Å². The molecule has 0 aliphatic rings. The van der Waals surface area contributed by atoms with E-state index >= 15 is 0 Å². The van der Waals surface area contributed by atoms with Gasteiger partial charge < -0.3 is 0 Å². The van der Waals surface area contributed by atoms with Crippen LogP contribution in [0.25, 0.3) is 0 Å². The molecule has 0 aliphatic carbocycles. The molecule has 1 aromatic rings. The molecule has 0 heterocycles. The summed E-state index contributed by atoms with van der Waals surface area (Å²) in [7, 11) is -4.07. The van der Waals surface area contributed by atoms with Gasteiger partial charge in [0.1, 0.15) is 0 Å². The minimum absolute atomic E-state index is 0.535. The van der Waals surface area contributed by atoms with Gasteiger partial charge in [0.05, 0.1) is 5.69 Å². The number of para-hydroxylation sites is 1. The van der Waals surface area contributed by atoms with Gasteiger partial charge in [-0.15, -0.1) is 0 Å². The van der Waals surface area contributed by atoms with E-state index in [4.69, 9.17) is 4.55 Å². The quantitative estimate of drug-likeness (QED) is 0.744. The van der Waals surface area contributed by atoms with Crippen LogP contribution in [0, 0.1) is 0 Å². The van der Waals surface area contributed by atoms with E-state index < -0.39 is 15.5 Å². The van der Waals surface area contributed by atoms with E-state index in [0.717, 1.165) is 0 Å². The molecule has 0 saturated heterocycles. The molecule has 0 spiro atoms. The Balaban J connectivity index is 2.72. The predicted octanol–water partition coefficient (Wildman–Crippen LogP) is 1.16. The van der Waals surface area contributed by atoms with E-state index in [1.54, 1.807) is 30.3 Å². The van der Waals surface area contributed by atoms with E-state index in [9.17, 15) is 8.42 Å². The van der Waals surface area contributed by atoms with Crippen molar-refractivity contribution in [2.24, 2.45) is 0 Å². The van der Waals surface area contributed by atoms with Crippen molar-refractivity contribution >= 4 is 15.8 Å². The SMILES string of the molecule is CC([N]c1ccccc1)S(=O)(=O)O. The molecule has 4 nitrogen and oxygen atoms in total. The molecule has 0 amide bonds. The molecule has 1 radical (unpaired) electrons. The van der Waals surface area contributed by atoms with Crippen LogP contribution >= 0.6 is 0 Å². The Morgan fingerprint density at radius 2 is 1.85 bits per heavy atom. The van der Waals surface area contributed by atoms with Crippen LogP contribution in [-0.2, 0) is 10.1 Å². The van der Waals surface area contributed by atoms with Gasteiger partial charge >= 0.3 is 0 Å². The highest BCUT2D eigenvalue weighted by molar-refractivity contribution is 7.86. The molecular weight excluding hydrogens is 190 g/mol. The standard InChI is InChI=1S/C8H10NO3S/c1-7(13(10,11)12)9-8-5-3-2-4-6-8/h2-7H,1H3,(H,10,11,12). The summed E-state index contributed by atoms with van der Waals surface area (Å²) in [6, 6.07) is 8.63. The van der Waals surface area contributed by atoms with Gasteiger partial charge in [0.15, 0.2) is 5.37 Å². The lowest BCUT2D eigenvalue weighted by molar-refractivity contribution is 0.464. The van der Waals surface area contributed by atoms with Gasteiger partial charge in [0, 0.05) is 0 Å². The van der Waals surface area contributed by atoms with Crippen LogP contribution in [0.15, 0.2) is 30.3 Å². The Labute approximate surface area is 77.3 Å². The molecule has 0 aromatic heterocycles. The van der Waals surface area contributed by atoms with E-state index in [1.165, 1.54) is 6.92 Å². The fraction of sp³-hybridized carbons (Fsp3) is 0.250. The largest absolute Gasteiger partial charge is 0.287 e. The van der Waals surface area contributed by atoms with Crippen molar-refractivity contribution < 1.29 is 13.0 Å². The number of hydrogen-bond acceptors (Lipinski definition) is 2. The van der Waals surface area contributed by atoms with Gasteiger partial charge in [-0.1, -0.05) is 18.2 Å². The van der Waals surface area contributed by atoms with Crippen LogP contribution in [0.2, 0.25) is 0 Å². The minimum Gasteiger partial charge on any atom is -0.284 e. The number of benzene rings is 1. The average Bonchev–Trinajstić information content (AvgIpc) is 2.04. The number of hydrogen-bond donors (Lipinski definition) is 1. The van der Waals surface area contributed by atoms with Gasteiger partial charge in [0.25, 0.3) is 10.1 Å². The zero-order chi connectivity index (χ0) is 9.90. The summed E-state index contributed by atoms with van der Waals surface area (Å²) in [5.41, 5.74) is 0.535. The van der Waals surface area contributed by atoms with E-state index in [1.807, 2.05) is 0 Å². The van der Waals surface area contributed by atoms with Gasteiger partial charge in [-0.3, -0.25) is 9.87 Å². The fourth-order valence-corrected chi connectivity index (χ4v) is 1.05. The molecule has 0 saturated carbocycles. The molecule has 1 N–H and O–H groups in total. The Hall–Kier alpha value is -1.07. The molecule has 71 valence electrons. The molecule has 1 rings (SSSR count). The second-order valence-electron chi connectivity index (χ2n) is 2.58. The Kier molecular flexibility index (Phi) is 2.90. The zero-order valence-corrected chi connectivity index (χ0v) is 7.90. The van der Waals surface area contributed by atoms with Gasteiger partial charge in [-0.05, 0) is 19.1 Å². The average molecular weight is 200 g/mol. The monoisotopic (exact) mass is 200 g/mol. The second kappa shape index (κ2) is 3.76. The van der Waals surface area contributed by atoms with Crippen molar-refractivity contribution in [2.75, 3.05) is 0 Å². The molecule has 1 unspecified atom stereocenters. The number of rotatable bonds is 3. The van der Waals surface area contributed by atoms with Gasteiger partial charge in [-0.2, -0.15) is 8.42 Å². The molecule has 13 heavy (non-hydrogen) atoms. The fourth-order valence-electron chi connectivity index (χ4n) is 0.791. The van der Waals surface area contributed by atoms with Crippen molar-refractivity contribution in [3.05, 3.63) is 30.3 Å². The van der Waals surface area contributed by atoms with Crippen molar-refractivity contribution in [2.45, 2.75) is 12.3 Å². The first-order chi connectivity index (χ1) is 6.00. The molecule has 0 fully saturated rings. The van der Waals surface area contributed by atoms with Gasteiger partial charge in [-0.25, -0.2) is 0 Å². The molecule has 1 aromatic carbocycles. The summed E-state index contributed by atoms with van der Waals surface area (Å²) in [6.45, 7) is 1.32. The topological polar surface area (TPSA) is 68.5 Å². The van der Waals surface area contributed by atoms with Crippen molar-refractivity contribution in [3.63, 3.8) is 0 Å². The second-order valence-corrected chi connectivity index (χ2v) is 4.29. The Morgan fingerprint density at radius 1 is 1.31 bits per heavy atom.